The number of nitrogens with one attached hydrogen (secondary N) is 1. The van der Waals surface area contributed by atoms with E-state index in [2.05, 4.69) is 5.32 Å². The fraction of sp³-hybridized carbons (Fsp3) is 0.240. The van der Waals surface area contributed by atoms with Gasteiger partial charge in [-0.15, -0.1) is 11.3 Å². The summed E-state index contributed by atoms with van der Waals surface area (Å²) < 4.78 is 15.5. The van der Waals surface area contributed by atoms with Crippen LogP contribution >= 0.6 is 23.1 Å². The van der Waals surface area contributed by atoms with E-state index < -0.39 is 5.82 Å². The molecule has 0 bridgehead atoms. The summed E-state index contributed by atoms with van der Waals surface area (Å²) in [6.07, 6.45) is 4.09. The third-order valence-electron chi connectivity index (χ3n) is 5.73. The zero-order valence-electron chi connectivity index (χ0n) is 18.1. The van der Waals surface area contributed by atoms with Gasteiger partial charge >= 0.3 is 0 Å². The van der Waals surface area contributed by atoms with Crippen molar-refractivity contribution in [3.8, 4) is 5.69 Å². The van der Waals surface area contributed by atoms with E-state index in [0.29, 0.717) is 16.2 Å². The Morgan fingerprint density at radius 2 is 1.91 bits per heavy atom. The Morgan fingerprint density at radius 3 is 2.70 bits per heavy atom. The van der Waals surface area contributed by atoms with Crippen LogP contribution in [0.15, 0.2) is 58.5 Å². The summed E-state index contributed by atoms with van der Waals surface area (Å²) in [5.74, 6) is -0.847. The number of halogens is 1. The molecule has 8 heteroatoms. The molecule has 5 rings (SSSR count). The minimum atomic E-state index is -0.490. The van der Waals surface area contributed by atoms with E-state index in [-0.39, 0.29) is 22.9 Å². The summed E-state index contributed by atoms with van der Waals surface area (Å²) in [5.41, 5.74) is 2.97. The molecule has 0 spiro atoms. The van der Waals surface area contributed by atoms with Crippen molar-refractivity contribution in [3.63, 3.8) is 0 Å². The lowest BCUT2D eigenvalue weighted by molar-refractivity contribution is -0.113. The van der Waals surface area contributed by atoms with Crippen molar-refractivity contribution in [1.82, 2.24) is 9.55 Å². The van der Waals surface area contributed by atoms with E-state index in [9.17, 15) is 14.0 Å². The molecule has 0 aliphatic heterocycles. The molecule has 2 heterocycles. The van der Waals surface area contributed by atoms with Crippen LogP contribution in [0.4, 0.5) is 10.1 Å². The SMILES string of the molecule is Cc1ccc(-n2c(SCC(=O)Nc3ccccc3F)nc3sc4c(c3c2=O)CCCC4)cc1. The van der Waals surface area contributed by atoms with Gasteiger partial charge in [-0.2, -0.15) is 0 Å². The van der Waals surface area contributed by atoms with Gasteiger partial charge < -0.3 is 5.32 Å². The Hall–Kier alpha value is -2.97. The van der Waals surface area contributed by atoms with E-state index >= 15 is 0 Å². The second-order valence-corrected chi connectivity index (χ2v) is 10.1. The second kappa shape index (κ2) is 9.11. The summed E-state index contributed by atoms with van der Waals surface area (Å²) in [5, 5.41) is 3.75. The van der Waals surface area contributed by atoms with Gasteiger partial charge in [0.2, 0.25) is 5.91 Å². The van der Waals surface area contributed by atoms with Gasteiger partial charge in [0.15, 0.2) is 5.16 Å². The molecule has 0 fully saturated rings. The largest absolute Gasteiger partial charge is 0.323 e. The number of carbonyl (C=O) groups is 1. The van der Waals surface area contributed by atoms with Gasteiger partial charge in [-0.25, -0.2) is 9.37 Å². The number of hydrogen-bond donors (Lipinski definition) is 1. The first-order valence-electron chi connectivity index (χ1n) is 10.8. The predicted molar refractivity (Wildman–Crippen MR) is 132 cm³/mol. The molecule has 0 unspecified atom stereocenters. The lowest BCUT2D eigenvalue weighted by atomic mass is 9.97. The molecule has 168 valence electrons. The van der Waals surface area contributed by atoms with Crippen molar-refractivity contribution in [2.45, 2.75) is 37.8 Å². The molecule has 1 N–H and O–H groups in total. The molecule has 0 saturated heterocycles. The summed E-state index contributed by atoms with van der Waals surface area (Å²) in [7, 11) is 0. The van der Waals surface area contributed by atoms with Crippen molar-refractivity contribution in [3.05, 3.63) is 80.7 Å². The molecule has 0 saturated carbocycles. The number of nitrogens with zero attached hydrogens (tertiary/aromatic N) is 2. The number of aromatic nitrogens is 2. The van der Waals surface area contributed by atoms with Crippen molar-refractivity contribution in [2.24, 2.45) is 0 Å². The van der Waals surface area contributed by atoms with Crippen molar-refractivity contribution in [1.29, 1.82) is 0 Å². The standard InChI is InChI=1S/C25H22FN3O2S2/c1-15-10-12-16(13-11-15)29-24(31)22-17-6-2-5-9-20(17)33-23(22)28-25(29)32-14-21(30)27-19-8-4-3-7-18(19)26/h3-4,7-8,10-13H,2,5-6,9,14H2,1H3,(H,27,30). The minimum Gasteiger partial charge on any atom is -0.323 e. The van der Waals surface area contributed by atoms with Crippen LogP contribution in [0.3, 0.4) is 0 Å². The highest BCUT2D eigenvalue weighted by Crippen LogP contribution is 2.35. The maximum absolute atomic E-state index is 13.9. The zero-order valence-corrected chi connectivity index (χ0v) is 19.7. The van der Waals surface area contributed by atoms with Crippen molar-refractivity contribution in [2.75, 3.05) is 11.1 Å². The molecule has 0 atom stereocenters. The van der Waals surface area contributed by atoms with Crippen LogP contribution < -0.4 is 10.9 Å². The molecule has 4 aromatic rings. The fourth-order valence-electron chi connectivity index (χ4n) is 4.08. The average Bonchev–Trinajstić information content (AvgIpc) is 3.19. The molecule has 1 aliphatic rings. The Bertz CT molecular complexity index is 1410. The number of para-hydroxylation sites is 1. The number of aryl methyl sites for hydroxylation is 3. The molecule has 2 aromatic heterocycles. The van der Waals surface area contributed by atoms with Gasteiger partial charge in [-0.05, 0) is 62.4 Å². The quantitative estimate of drug-likeness (QED) is 0.303. The van der Waals surface area contributed by atoms with Crippen LogP contribution in [-0.4, -0.2) is 21.2 Å². The maximum Gasteiger partial charge on any atom is 0.267 e. The van der Waals surface area contributed by atoms with Crippen LogP contribution in [0.25, 0.3) is 15.9 Å². The van der Waals surface area contributed by atoms with Gasteiger partial charge in [0.25, 0.3) is 5.56 Å². The van der Waals surface area contributed by atoms with Crippen molar-refractivity contribution < 1.29 is 9.18 Å². The lowest BCUT2D eigenvalue weighted by Crippen LogP contribution is -2.23. The van der Waals surface area contributed by atoms with E-state index in [4.69, 9.17) is 4.98 Å². The zero-order chi connectivity index (χ0) is 22.9. The monoisotopic (exact) mass is 479 g/mol. The van der Waals surface area contributed by atoms with Crippen LogP contribution in [0.2, 0.25) is 0 Å². The molecule has 0 radical (unpaired) electrons. The van der Waals surface area contributed by atoms with Gasteiger partial charge in [-0.1, -0.05) is 41.6 Å². The van der Waals surface area contributed by atoms with Gasteiger partial charge in [0, 0.05) is 4.88 Å². The summed E-state index contributed by atoms with van der Waals surface area (Å²) in [6.45, 7) is 1.99. The number of benzene rings is 2. The molecule has 2 aromatic carbocycles. The first-order valence-corrected chi connectivity index (χ1v) is 12.6. The topological polar surface area (TPSA) is 64.0 Å². The number of carbonyl (C=O) groups excluding carboxylic acids is 1. The summed E-state index contributed by atoms with van der Waals surface area (Å²) in [4.78, 5) is 33.0. The van der Waals surface area contributed by atoms with E-state index in [0.717, 1.165) is 41.6 Å². The highest BCUT2D eigenvalue weighted by molar-refractivity contribution is 7.99. The highest BCUT2D eigenvalue weighted by atomic mass is 32.2. The average molecular weight is 480 g/mol. The smallest absolute Gasteiger partial charge is 0.267 e. The molecular formula is C25H22FN3O2S2. The Balaban J connectivity index is 1.53. The second-order valence-electron chi connectivity index (χ2n) is 8.08. The number of thiophene rings is 1. The van der Waals surface area contributed by atoms with E-state index in [1.807, 2.05) is 31.2 Å². The van der Waals surface area contributed by atoms with Gasteiger partial charge in [-0.3, -0.25) is 14.2 Å². The highest BCUT2D eigenvalue weighted by Gasteiger charge is 2.23. The first kappa shape index (κ1) is 21.9. The van der Waals surface area contributed by atoms with E-state index in [1.54, 1.807) is 28.0 Å². The third kappa shape index (κ3) is 4.32. The summed E-state index contributed by atoms with van der Waals surface area (Å²) >= 11 is 2.76. The summed E-state index contributed by atoms with van der Waals surface area (Å²) in [6, 6.07) is 13.7. The molecule has 5 nitrogen and oxygen atoms in total. The molecule has 1 aliphatic carbocycles. The number of hydrogen-bond acceptors (Lipinski definition) is 5. The fourth-order valence-corrected chi connectivity index (χ4v) is 6.20. The normalized spacial score (nSPS) is 13.2. The maximum atomic E-state index is 13.9. The Labute approximate surface area is 198 Å². The number of thioether (sulfide) groups is 1. The number of anilines is 1. The van der Waals surface area contributed by atoms with Crippen LogP contribution in [0.1, 0.15) is 28.8 Å². The van der Waals surface area contributed by atoms with Crippen LogP contribution in [-0.2, 0) is 17.6 Å². The Kier molecular flexibility index (Phi) is 6.03. The number of fused-ring (bicyclic) bond motifs is 3. The predicted octanol–water partition coefficient (Wildman–Crippen LogP) is 5.50. The molecule has 33 heavy (non-hydrogen) atoms. The third-order valence-corrected chi connectivity index (χ3v) is 7.85. The number of amides is 1. The van der Waals surface area contributed by atoms with E-state index in [1.165, 1.54) is 28.8 Å². The molecule has 1 amide bonds. The van der Waals surface area contributed by atoms with Crippen LogP contribution in [0, 0.1) is 12.7 Å². The number of rotatable bonds is 5. The first-order chi connectivity index (χ1) is 16.0. The van der Waals surface area contributed by atoms with Gasteiger partial charge in [0.1, 0.15) is 10.6 Å². The van der Waals surface area contributed by atoms with Gasteiger partial charge in [0.05, 0.1) is 22.5 Å². The van der Waals surface area contributed by atoms with Crippen LogP contribution in [0.5, 0.6) is 0 Å². The lowest BCUT2D eigenvalue weighted by Gasteiger charge is -2.14. The minimum absolute atomic E-state index is 0.00321. The molecular weight excluding hydrogens is 457 g/mol. The Morgan fingerprint density at radius 1 is 1.15 bits per heavy atom. The van der Waals surface area contributed by atoms with Crippen molar-refractivity contribution >= 4 is 44.9 Å².